The van der Waals surface area contributed by atoms with Crippen molar-refractivity contribution in [2.75, 3.05) is 13.2 Å². The standard InChI is InChI=1S/C6H6O3.C3H8O3/c7-4-1-5(8)3-6(9)2-4;4-1-3(6)2-5/h1-3,7-9H;3-6H,1-2H2. The van der Waals surface area contributed by atoms with E-state index in [4.69, 9.17) is 30.6 Å². The van der Waals surface area contributed by atoms with E-state index in [-0.39, 0.29) is 30.5 Å². The van der Waals surface area contributed by atoms with Gasteiger partial charge in [0, 0.05) is 18.2 Å². The minimum atomic E-state index is -0.954. The SMILES string of the molecule is OCC(O)CO.Oc1cc(O)cc(O)c1. The van der Waals surface area contributed by atoms with Gasteiger partial charge in [0.2, 0.25) is 0 Å². The van der Waals surface area contributed by atoms with Crippen LogP contribution in [-0.2, 0) is 0 Å². The second-order valence-electron chi connectivity index (χ2n) is 2.73. The summed E-state index contributed by atoms with van der Waals surface area (Å²) in [6.07, 6.45) is -0.954. The third-order valence-electron chi connectivity index (χ3n) is 1.31. The van der Waals surface area contributed by atoms with Crippen LogP contribution in [0.4, 0.5) is 0 Å². The Bertz CT molecular complexity index is 233. The molecule has 0 fully saturated rings. The average molecular weight is 218 g/mol. The van der Waals surface area contributed by atoms with Gasteiger partial charge in [-0.25, -0.2) is 0 Å². The van der Waals surface area contributed by atoms with Gasteiger partial charge < -0.3 is 30.6 Å². The van der Waals surface area contributed by atoms with E-state index < -0.39 is 6.10 Å². The van der Waals surface area contributed by atoms with E-state index in [9.17, 15) is 0 Å². The molecule has 1 rings (SSSR count). The van der Waals surface area contributed by atoms with Gasteiger partial charge in [-0.05, 0) is 0 Å². The molecule has 0 aliphatic carbocycles. The molecule has 15 heavy (non-hydrogen) atoms. The molecule has 0 amide bonds. The van der Waals surface area contributed by atoms with Gasteiger partial charge in [0.25, 0.3) is 0 Å². The quantitative estimate of drug-likeness (QED) is 0.384. The summed E-state index contributed by atoms with van der Waals surface area (Å²) in [5, 5.41) is 50.0. The van der Waals surface area contributed by atoms with E-state index in [2.05, 4.69) is 0 Å². The molecule has 6 nitrogen and oxygen atoms in total. The van der Waals surface area contributed by atoms with Crippen LogP contribution in [0.5, 0.6) is 17.2 Å². The average Bonchev–Trinajstić information content (AvgIpc) is 2.15. The summed E-state index contributed by atoms with van der Waals surface area (Å²) in [5.41, 5.74) is 0. The zero-order valence-electron chi connectivity index (χ0n) is 7.91. The molecule has 0 unspecified atom stereocenters. The minimum absolute atomic E-state index is 0.146. The number of phenolic OH excluding ortho intramolecular Hbond substituents is 3. The number of hydrogen-bond acceptors (Lipinski definition) is 6. The maximum absolute atomic E-state index is 8.67. The first-order chi connectivity index (χ1) is 6.99. The highest BCUT2D eigenvalue weighted by molar-refractivity contribution is 5.39. The first-order valence-electron chi connectivity index (χ1n) is 4.11. The maximum Gasteiger partial charge on any atom is 0.122 e. The fraction of sp³-hybridized carbons (Fsp3) is 0.333. The van der Waals surface area contributed by atoms with Gasteiger partial charge in [-0.15, -0.1) is 0 Å². The van der Waals surface area contributed by atoms with Crippen LogP contribution in [0.2, 0.25) is 0 Å². The van der Waals surface area contributed by atoms with Gasteiger partial charge in [0.05, 0.1) is 13.2 Å². The molecule has 0 heterocycles. The maximum atomic E-state index is 8.67. The lowest BCUT2D eigenvalue weighted by molar-refractivity contribution is 0.0450. The highest BCUT2D eigenvalue weighted by Gasteiger charge is 1.94. The van der Waals surface area contributed by atoms with E-state index in [0.717, 1.165) is 18.2 Å². The summed E-state index contributed by atoms with van der Waals surface area (Å²) in [6, 6.07) is 3.42. The number of benzene rings is 1. The lowest BCUT2D eigenvalue weighted by Gasteiger charge is -1.96. The molecule has 0 aliphatic heterocycles. The topological polar surface area (TPSA) is 121 Å². The lowest BCUT2D eigenvalue weighted by atomic mass is 10.3. The molecule has 1 aromatic rings. The third-order valence-corrected chi connectivity index (χ3v) is 1.31. The number of aliphatic hydroxyl groups is 3. The van der Waals surface area contributed by atoms with Crippen molar-refractivity contribution in [1.29, 1.82) is 0 Å². The molecule has 0 spiro atoms. The zero-order chi connectivity index (χ0) is 11.8. The summed E-state index contributed by atoms with van der Waals surface area (Å²) in [4.78, 5) is 0. The van der Waals surface area contributed by atoms with Crippen LogP contribution in [0, 0.1) is 0 Å². The highest BCUT2D eigenvalue weighted by Crippen LogP contribution is 2.23. The molecule has 0 bridgehead atoms. The van der Waals surface area contributed by atoms with E-state index in [1.807, 2.05) is 0 Å². The molecule has 0 aromatic heterocycles. The largest absolute Gasteiger partial charge is 0.508 e. The van der Waals surface area contributed by atoms with Crippen LogP contribution < -0.4 is 0 Å². The fourth-order valence-electron chi connectivity index (χ4n) is 0.637. The Morgan fingerprint density at radius 2 is 1.07 bits per heavy atom. The third kappa shape index (κ3) is 6.55. The Labute approximate surface area is 86.3 Å². The van der Waals surface area contributed by atoms with Crippen molar-refractivity contribution < 1.29 is 30.6 Å². The van der Waals surface area contributed by atoms with Crippen LogP contribution >= 0.6 is 0 Å². The van der Waals surface area contributed by atoms with Gasteiger partial charge >= 0.3 is 0 Å². The number of rotatable bonds is 2. The van der Waals surface area contributed by atoms with Crippen molar-refractivity contribution in [1.82, 2.24) is 0 Å². The van der Waals surface area contributed by atoms with Gasteiger partial charge in [-0.1, -0.05) is 0 Å². The Morgan fingerprint density at radius 3 is 1.20 bits per heavy atom. The van der Waals surface area contributed by atoms with Gasteiger partial charge in [-0.2, -0.15) is 0 Å². The van der Waals surface area contributed by atoms with E-state index in [1.54, 1.807) is 0 Å². The summed E-state index contributed by atoms with van der Waals surface area (Å²) < 4.78 is 0. The molecule has 0 saturated carbocycles. The molecule has 0 saturated heterocycles. The Morgan fingerprint density at radius 1 is 0.800 bits per heavy atom. The van der Waals surface area contributed by atoms with E-state index in [0.29, 0.717) is 0 Å². The highest BCUT2D eigenvalue weighted by atomic mass is 16.3. The van der Waals surface area contributed by atoms with Crippen molar-refractivity contribution in [2.45, 2.75) is 6.10 Å². The fourth-order valence-corrected chi connectivity index (χ4v) is 0.637. The summed E-state index contributed by atoms with van der Waals surface area (Å²) >= 11 is 0. The smallest absolute Gasteiger partial charge is 0.122 e. The zero-order valence-corrected chi connectivity index (χ0v) is 7.91. The van der Waals surface area contributed by atoms with Crippen LogP contribution in [0.15, 0.2) is 18.2 Å². The summed E-state index contributed by atoms with van der Waals surface area (Å²) in [5.74, 6) is -0.437. The van der Waals surface area contributed by atoms with Crippen molar-refractivity contribution in [3.05, 3.63) is 18.2 Å². The van der Waals surface area contributed by atoms with E-state index >= 15 is 0 Å². The molecular formula is C9H14O6. The van der Waals surface area contributed by atoms with Gasteiger partial charge in [-0.3, -0.25) is 0 Å². The molecule has 0 aliphatic rings. The van der Waals surface area contributed by atoms with Crippen LogP contribution in [0.25, 0.3) is 0 Å². The van der Waals surface area contributed by atoms with E-state index in [1.165, 1.54) is 0 Å². The van der Waals surface area contributed by atoms with Crippen LogP contribution in [0.1, 0.15) is 0 Å². The second-order valence-corrected chi connectivity index (χ2v) is 2.73. The summed E-state index contributed by atoms with van der Waals surface area (Å²) in [6.45, 7) is -0.729. The first kappa shape index (κ1) is 13.5. The first-order valence-corrected chi connectivity index (χ1v) is 4.11. The molecule has 6 heteroatoms. The van der Waals surface area contributed by atoms with Crippen molar-refractivity contribution in [2.24, 2.45) is 0 Å². The Hall–Kier alpha value is -1.50. The summed E-state index contributed by atoms with van der Waals surface area (Å²) in [7, 11) is 0. The van der Waals surface area contributed by atoms with Crippen molar-refractivity contribution >= 4 is 0 Å². The Balaban J connectivity index is 0.000000288. The number of aliphatic hydroxyl groups excluding tert-OH is 3. The van der Waals surface area contributed by atoms with Gasteiger partial charge in [0.1, 0.15) is 23.4 Å². The lowest BCUT2D eigenvalue weighted by Crippen LogP contribution is -2.15. The normalized spacial score (nSPS) is 9.60. The molecule has 6 N–H and O–H groups in total. The molecule has 86 valence electrons. The second kappa shape index (κ2) is 6.88. The van der Waals surface area contributed by atoms with Crippen molar-refractivity contribution in [3.8, 4) is 17.2 Å². The number of aromatic hydroxyl groups is 3. The monoisotopic (exact) mass is 218 g/mol. The molecular weight excluding hydrogens is 204 g/mol. The van der Waals surface area contributed by atoms with Crippen LogP contribution in [0.3, 0.4) is 0 Å². The molecule has 0 atom stereocenters. The van der Waals surface area contributed by atoms with Gasteiger partial charge in [0.15, 0.2) is 0 Å². The number of phenols is 3. The Kier molecular flexibility index (Phi) is 6.19. The molecule has 0 radical (unpaired) electrons. The number of hydrogen-bond donors (Lipinski definition) is 6. The minimum Gasteiger partial charge on any atom is -0.508 e. The van der Waals surface area contributed by atoms with Crippen LogP contribution in [-0.4, -0.2) is 50.0 Å². The molecule has 1 aromatic carbocycles. The predicted octanol–water partition coefficient (Wildman–Crippen LogP) is -0.865. The predicted molar refractivity (Wildman–Crippen MR) is 51.6 cm³/mol. The van der Waals surface area contributed by atoms with Crippen molar-refractivity contribution in [3.63, 3.8) is 0 Å².